The minimum absolute atomic E-state index is 0.192. The summed E-state index contributed by atoms with van der Waals surface area (Å²) in [5.74, 6) is -1.63. The summed E-state index contributed by atoms with van der Waals surface area (Å²) in [6.07, 6.45) is 7.06. The third kappa shape index (κ3) is 3.48. The summed E-state index contributed by atoms with van der Waals surface area (Å²) in [4.78, 5) is 49.8. The van der Waals surface area contributed by atoms with E-state index < -0.39 is 22.8 Å². The highest BCUT2D eigenvalue weighted by atomic mass is 16.6. The van der Waals surface area contributed by atoms with Crippen LogP contribution in [0.3, 0.4) is 0 Å². The van der Waals surface area contributed by atoms with Crippen LogP contribution in [0.2, 0.25) is 0 Å². The number of carbonyl (C=O) groups is 3. The average Bonchev–Trinajstić information content (AvgIpc) is 2.83. The maximum Gasteiger partial charge on any atom is 0.294 e. The van der Waals surface area contributed by atoms with E-state index in [4.69, 9.17) is 0 Å². The Morgan fingerprint density at radius 1 is 1.07 bits per heavy atom. The molecular weight excluding hydrogens is 376 g/mol. The van der Waals surface area contributed by atoms with Gasteiger partial charge in [-0.3, -0.25) is 24.5 Å². The van der Waals surface area contributed by atoms with E-state index >= 15 is 0 Å². The fourth-order valence-corrected chi connectivity index (χ4v) is 4.25. The molecule has 1 aliphatic carbocycles. The molecule has 2 saturated heterocycles. The molecule has 2 fully saturated rings. The minimum Gasteiger partial charge on any atom is -0.368 e. The van der Waals surface area contributed by atoms with E-state index in [1.807, 2.05) is 12.2 Å². The highest BCUT2D eigenvalue weighted by Gasteiger charge is 2.48. The van der Waals surface area contributed by atoms with Crippen molar-refractivity contribution in [1.82, 2.24) is 5.32 Å². The number of nitro groups is 1. The summed E-state index contributed by atoms with van der Waals surface area (Å²) in [6, 6.07) is 3.65. The van der Waals surface area contributed by atoms with Crippen molar-refractivity contribution in [3.8, 4) is 0 Å². The molecule has 2 aliphatic heterocycles. The van der Waals surface area contributed by atoms with Crippen LogP contribution >= 0.6 is 0 Å². The number of benzene rings is 1. The van der Waals surface area contributed by atoms with E-state index in [0.29, 0.717) is 25.8 Å². The van der Waals surface area contributed by atoms with Crippen molar-refractivity contribution in [2.24, 2.45) is 11.8 Å². The molecule has 0 aromatic heterocycles. The summed E-state index contributed by atoms with van der Waals surface area (Å²) in [5, 5.41) is 17.4. The molecule has 3 atom stereocenters. The lowest BCUT2D eigenvalue weighted by Gasteiger charge is -2.19. The third-order valence-electron chi connectivity index (χ3n) is 5.81. The molecule has 1 aromatic rings. The number of fused-ring (bicyclic) bond motifs is 1. The Labute approximate surface area is 167 Å². The van der Waals surface area contributed by atoms with Crippen LogP contribution in [-0.2, 0) is 14.4 Å². The number of imide groups is 1. The molecule has 0 spiro atoms. The molecule has 0 bridgehead atoms. The molecule has 29 heavy (non-hydrogen) atoms. The number of carbonyl (C=O) groups excluding carboxylic acids is 3. The Bertz CT molecular complexity index is 886. The molecule has 2 heterocycles. The topological polar surface area (TPSA) is 122 Å². The highest BCUT2D eigenvalue weighted by Crippen LogP contribution is 2.39. The molecule has 3 amide bonds. The van der Waals surface area contributed by atoms with E-state index in [2.05, 4.69) is 10.6 Å². The molecule has 152 valence electrons. The van der Waals surface area contributed by atoms with Crippen molar-refractivity contribution >= 4 is 34.8 Å². The van der Waals surface area contributed by atoms with Gasteiger partial charge in [-0.1, -0.05) is 12.2 Å². The predicted octanol–water partition coefficient (Wildman–Crippen LogP) is 2.13. The minimum atomic E-state index is -0.569. The van der Waals surface area contributed by atoms with Crippen molar-refractivity contribution in [2.75, 3.05) is 16.8 Å². The summed E-state index contributed by atoms with van der Waals surface area (Å²) >= 11 is 0. The van der Waals surface area contributed by atoms with Crippen LogP contribution in [0.1, 0.15) is 32.1 Å². The average molecular weight is 398 g/mol. The first-order valence-corrected chi connectivity index (χ1v) is 9.83. The van der Waals surface area contributed by atoms with Crippen LogP contribution in [0.15, 0.2) is 30.4 Å². The lowest BCUT2D eigenvalue weighted by Crippen LogP contribution is -2.38. The van der Waals surface area contributed by atoms with Crippen LogP contribution in [0.5, 0.6) is 0 Å². The fraction of sp³-hybridized carbons (Fsp3) is 0.450. The molecule has 2 N–H and O–H groups in total. The van der Waals surface area contributed by atoms with Gasteiger partial charge in [-0.25, -0.2) is 4.90 Å². The van der Waals surface area contributed by atoms with Gasteiger partial charge < -0.3 is 10.6 Å². The molecule has 0 unspecified atom stereocenters. The normalized spacial score (nSPS) is 26.7. The Morgan fingerprint density at radius 3 is 2.41 bits per heavy atom. The highest BCUT2D eigenvalue weighted by molar-refractivity contribution is 6.22. The van der Waals surface area contributed by atoms with Crippen molar-refractivity contribution in [3.63, 3.8) is 0 Å². The zero-order chi connectivity index (χ0) is 20.5. The Balaban J connectivity index is 1.63. The summed E-state index contributed by atoms with van der Waals surface area (Å²) in [5.41, 5.74) is 0.115. The molecule has 1 aromatic carbocycles. The summed E-state index contributed by atoms with van der Waals surface area (Å²) in [6.45, 7) is 0.592. The number of nitro benzene ring substituents is 1. The van der Waals surface area contributed by atoms with E-state index in [-0.39, 0.29) is 34.8 Å². The first kappa shape index (κ1) is 19.1. The van der Waals surface area contributed by atoms with Crippen LogP contribution in [-0.4, -0.2) is 35.2 Å². The number of anilines is 2. The van der Waals surface area contributed by atoms with Gasteiger partial charge in [0.2, 0.25) is 17.7 Å². The van der Waals surface area contributed by atoms with E-state index in [0.717, 1.165) is 17.7 Å². The van der Waals surface area contributed by atoms with Gasteiger partial charge in [0.25, 0.3) is 5.69 Å². The summed E-state index contributed by atoms with van der Waals surface area (Å²) in [7, 11) is 0. The van der Waals surface area contributed by atoms with Gasteiger partial charge in [-0.05, 0) is 44.2 Å². The van der Waals surface area contributed by atoms with Crippen LogP contribution in [0.25, 0.3) is 0 Å². The van der Waals surface area contributed by atoms with Gasteiger partial charge in [-0.2, -0.15) is 0 Å². The second-order valence-electron chi connectivity index (χ2n) is 7.61. The van der Waals surface area contributed by atoms with Gasteiger partial charge in [0, 0.05) is 12.6 Å². The Morgan fingerprint density at radius 2 is 1.76 bits per heavy atom. The monoisotopic (exact) mass is 398 g/mol. The number of hydrogen-bond donors (Lipinski definition) is 2. The van der Waals surface area contributed by atoms with Crippen molar-refractivity contribution in [3.05, 3.63) is 40.5 Å². The largest absolute Gasteiger partial charge is 0.368 e. The number of amides is 3. The molecule has 0 radical (unpaired) electrons. The first-order chi connectivity index (χ1) is 14.0. The molecule has 4 rings (SSSR count). The number of nitrogens with one attached hydrogen (secondary N) is 2. The smallest absolute Gasteiger partial charge is 0.294 e. The zero-order valence-electron chi connectivity index (χ0n) is 15.8. The van der Waals surface area contributed by atoms with Gasteiger partial charge in [-0.15, -0.1) is 0 Å². The van der Waals surface area contributed by atoms with E-state index in [1.54, 1.807) is 0 Å². The second-order valence-corrected chi connectivity index (χ2v) is 7.61. The lowest BCUT2D eigenvalue weighted by atomic mass is 9.85. The lowest BCUT2D eigenvalue weighted by molar-refractivity contribution is -0.383. The maximum atomic E-state index is 12.7. The van der Waals surface area contributed by atoms with Crippen molar-refractivity contribution < 1.29 is 19.3 Å². The number of hydrogen-bond acceptors (Lipinski definition) is 6. The first-order valence-electron chi connectivity index (χ1n) is 9.83. The molecule has 9 nitrogen and oxygen atoms in total. The number of rotatable bonds is 4. The quantitative estimate of drug-likeness (QED) is 0.347. The van der Waals surface area contributed by atoms with Crippen molar-refractivity contribution in [1.29, 1.82) is 0 Å². The van der Waals surface area contributed by atoms with Crippen LogP contribution in [0.4, 0.5) is 17.1 Å². The van der Waals surface area contributed by atoms with Gasteiger partial charge in [0.1, 0.15) is 11.7 Å². The van der Waals surface area contributed by atoms with Crippen LogP contribution < -0.4 is 15.5 Å². The second kappa shape index (κ2) is 7.65. The van der Waals surface area contributed by atoms with Crippen LogP contribution in [0, 0.1) is 22.0 Å². The number of nitrogens with zero attached hydrogens (tertiary/aromatic N) is 2. The molecular formula is C20H22N4O5. The maximum absolute atomic E-state index is 12.7. The Hall–Kier alpha value is -3.23. The number of allylic oxidation sites excluding steroid dienone is 2. The standard InChI is InChI=1S/C20H22N4O5/c25-18-16(7-3-4-10-21-18)22-15-9-8-12(11-17(15)24(28)29)23-19(26)13-5-1-2-6-14(13)20(23)27/h1-2,8-9,11,13-14,16,22H,3-7,10H2,(H,21,25)/t13-,14+,16-/m1/s1. The predicted molar refractivity (Wildman–Crippen MR) is 105 cm³/mol. The van der Waals surface area contributed by atoms with E-state index in [1.165, 1.54) is 18.2 Å². The molecule has 0 saturated carbocycles. The molecule has 3 aliphatic rings. The van der Waals surface area contributed by atoms with Gasteiger partial charge in [0.15, 0.2) is 0 Å². The third-order valence-corrected chi connectivity index (χ3v) is 5.81. The van der Waals surface area contributed by atoms with Gasteiger partial charge in [0.05, 0.1) is 22.4 Å². The zero-order valence-corrected chi connectivity index (χ0v) is 15.8. The van der Waals surface area contributed by atoms with Crippen molar-refractivity contribution in [2.45, 2.75) is 38.1 Å². The SMILES string of the molecule is O=C1NCCCC[C@H]1Nc1ccc(N2C(=O)[C@H]3CC=CC[C@H]3C2=O)cc1[N+](=O)[O-]. The fourth-order valence-electron chi connectivity index (χ4n) is 4.25. The van der Waals surface area contributed by atoms with Gasteiger partial charge >= 0.3 is 0 Å². The summed E-state index contributed by atoms with van der Waals surface area (Å²) < 4.78 is 0. The Kier molecular flexibility index (Phi) is 5.04. The molecule has 9 heteroatoms. The van der Waals surface area contributed by atoms with E-state index in [9.17, 15) is 24.5 Å².